The molecule has 0 aliphatic rings. The minimum absolute atomic E-state index is 0.601. The molecule has 0 fully saturated rings. The number of aromatic nitrogens is 2. The summed E-state index contributed by atoms with van der Waals surface area (Å²) in [6, 6.07) is 14.1. The van der Waals surface area contributed by atoms with Gasteiger partial charge < -0.3 is 4.98 Å². The van der Waals surface area contributed by atoms with E-state index in [1.54, 1.807) is 6.07 Å². The number of nitrogens with one attached hydrogen (secondary N) is 1. The van der Waals surface area contributed by atoms with Crippen LogP contribution >= 0.6 is 0 Å². The van der Waals surface area contributed by atoms with Gasteiger partial charge in [0.05, 0.1) is 11.1 Å². The molecular weight excluding hydrogens is 234 g/mol. The molecule has 3 rings (SSSR count). The highest BCUT2D eigenvalue weighted by Gasteiger charge is 2.09. The summed E-state index contributed by atoms with van der Waals surface area (Å²) in [4.78, 5) is 7.84. The fourth-order valence-corrected chi connectivity index (χ4v) is 2.37. The molecule has 3 nitrogen and oxygen atoms in total. The molecule has 1 N–H and O–H groups in total. The fourth-order valence-electron chi connectivity index (χ4n) is 2.37. The monoisotopic (exact) mass is 247 g/mol. The Kier molecular flexibility index (Phi) is 2.57. The van der Waals surface area contributed by atoms with Crippen LogP contribution in [0.1, 0.15) is 16.7 Å². The van der Waals surface area contributed by atoms with Crippen LogP contribution in [0.5, 0.6) is 0 Å². The summed E-state index contributed by atoms with van der Waals surface area (Å²) in [5.41, 5.74) is 5.70. The number of hydrogen-bond donors (Lipinski definition) is 1. The fraction of sp³-hybridized carbons (Fsp3) is 0.125. The highest BCUT2D eigenvalue weighted by molar-refractivity contribution is 5.84. The molecule has 3 aromatic rings. The van der Waals surface area contributed by atoms with Gasteiger partial charge in [-0.05, 0) is 38.1 Å². The molecule has 0 amide bonds. The van der Waals surface area contributed by atoms with Crippen LogP contribution < -0.4 is 0 Å². The molecule has 1 heterocycles. The van der Waals surface area contributed by atoms with Crippen molar-refractivity contribution in [3.05, 3.63) is 53.1 Å². The summed E-state index contributed by atoms with van der Waals surface area (Å²) >= 11 is 0. The molecule has 0 aliphatic carbocycles. The Hall–Kier alpha value is -2.60. The van der Waals surface area contributed by atoms with E-state index >= 15 is 0 Å². The van der Waals surface area contributed by atoms with Gasteiger partial charge in [0.2, 0.25) is 0 Å². The van der Waals surface area contributed by atoms with Crippen LogP contribution in [-0.4, -0.2) is 9.97 Å². The second kappa shape index (κ2) is 4.25. The molecule has 0 atom stereocenters. The predicted molar refractivity (Wildman–Crippen MR) is 75.7 cm³/mol. The van der Waals surface area contributed by atoms with Crippen molar-refractivity contribution in [3.63, 3.8) is 0 Å². The molecule has 0 bridgehead atoms. The molecule has 0 spiro atoms. The smallest absolute Gasteiger partial charge is 0.138 e. The van der Waals surface area contributed by atoms with Gasteiger partial charge >= 0.3 is 0 Å². The van der Waals surface area contributed by atoms with Gasteiger partial charge in [-0.2, -0.15) is 5.26 Å². The Balaban J connectivity index is 2.24. The number of rotatable bonds is 1. The van der Waals surface area contributed by atoms with E-state index in [2.05, 4.69) is 48.1 Å². The van der Waals surface area contributed by atoms with Gasteiger partial charge in [-0.1, -0.05) is 23.3 Å². The number of fused-ring (bicyclic) bond motifs is 1. The maximum absolute atomic E-state index is 9.10. The quantitative estimate of drug-likeness (QED) is 0.712. The van der Waals surface area contributed by atoms with E-state index in [0.29, 0.717) is 5.56 Å². The summed E-state index contributed by atoms with van der Waals surface area (Å²) in [7, 11) is 0. The van der Waals surface area contributed by atoms with Crippen molar-refractivity contribution in [2.24, 2.45) is 0 Å². The summed E-state index contributed by atoms with van der Waals surface area (Å²) in [6.45, 7) is 4.14. The maximum atomic E-state index is 9.10. The third-order valence-corrected chi connectivity index (χ3v) is 3.13. The number of H-pyrrole nitrogens is 1. The largest absolute Gasteiger partial charge is 0.338 e. The van der Waals surface area contributed by atoms with E-state index in [4.69, 9.17) is 5.26 Å². The highest BCUT2D eigenvalue weighted by Crippen LogP contribution is 2.24. The van der Waals surface area contributed by atoms with Crippen molar-refractivity contribution in [1.82, 2.24) is 9.97 Å². The van der Waals surface area contributed by atoms with Crippen LogP contribution in [0.3, 0.4) is 0 Å². The molecule has 0 unspecified atom stereocenters. The van der Waals surface area contributed by atoms with Gasteiger partial charge in [-0.25, -0.2) is 4.98 Å². The van der Waals surface area contributed by atoms with Gasteiger partial charge in [0.25, 0.3) is 0 Å². The van der Waals surface area contributed by atoms with E-state index in [0.717, 1.165) is 22.4 Å². The van der Waals surface area contributed by atoms with Crippen LogP contribution in [0.2, 0.25) is 0 Å². The molecular formula is C16H13N3. The van der Waals surface area contributed by atoms with E-state index < -0.39 is 0 Å². The van der Waals surface area contributed by atoms with Crippen LogP contribution in [0, 0.1) is 25.2 Å². The SMILES string of the molecule is Cc1cc(C)cc(-c2nc3c(C#N)cccc3[nH]2)c1. The van der Waals surface area contributed by atoms with E-state index in [1.807, 2.05) is 12.1 Å². The van der Waals surface area contributed by atoms with E-state index in [-0.39, 0.29) is 0 Å². The summed E-state index contributed by atoms with van der Waals surface area (Å²) in [6.07, 6.45) is 0. The number of imidazole rings is 1. The molecule has 92 valence electrons. The Morgan fingerprint density at radius 1 is 1.11 bits per heavy atom. The second-order valence-electron chi connectivity index (χ2n) is 4.78. The van der Waals surface area contributed by atoms with Gasteiger partial charge in [0.1, 0.15) is 17.4 Å². The zero-order chi connectivity index (χ0) is 13.4. The lowest BCUT2D eigenvalue weighted by Gasteiger charge is -2.01. The third kappa shape index (κ3) is 1.98. The Labute approximate surface area is 111 Å². The van der Waals surface area contributed by atoms with Gasteiger partial charge in [0, 0.05) is 5.56 Å². The Bertz CT molecular complexity index is 786. The molecule has 1 aromatic heterocycles. The second-order valence-corrected chi connectivity index (χ2v) is 4.78. The first-order chi connectivity index (χ1) is 9.17. The number of nitrogens with zero attached hydrogens (tertiary/aromatic N) is 2. The van der Waals surface area contributed by atoms with Crippen molar-refractivity contribution in [1.29, 1.82) is 5.26 Å². The maximum Gasteiger partial charge on any atom is 0.138 e. The van der Waals surface area contributed by atoms with Gasteiger partial charge in [-0.15, -0.1) is 0 Å². The van der Waals surface area contributed by atoms with E-state index in [1.165, 1.54) is 11.1 Å². The number of aromatic amines is 1. The third-order valence-electron chi connectivity index (χ3n) is 3.13. The number of nitriles is 1. The lowest BCUT2D eigenvalue weighted by atomic mass is 10.1. The van der Waals surface area contributed by atoms with Crippen molar-refractivity contribution in [3.8, 4) is 17.5 Å². The lowest BCUT2D eigenvalue weighted by molar-refractivity contribution is 1.30. The normalized spacial score (nSPS) is 10.6. The molecule has 19 heavy (non-hydrogen) atoms. The lowest BCUT2D eigenvalue weighted by Crippen LogP contribution is -1.84. The van der Waals surface area contributed by atoms with Crippen LogP contribution in [0.15, 0.2) is 36.4 Å². The average Bonchev–Trinajstić information content (AvgIpc) is 2.81. The van der Waals surface area contributed by atoms with Crippen molar-refractivity contribution < 1.29 is 0 Å². The zero-order valence-corrected chi connectivity index (χ0v) is 10.9. The van der Waals surface area contributed by atoms with Crippen molar-refractivity contribution in [2.75, 3.05) is 0 Å². The number of aryl methyl sites for hydroxylation is 2. The van der Waals surface area contributed by atoms with Crippen LogP contribution in [0.25, 0.3) is 22.4 Å². The molecule has 3 heteroatoms. The first-order valence-corrected chi connectivity index (χ1v) is 6.15. The molecule has 2 aromatic carbocycles. The van der Waals surface area contributed by atoms with Gasteiger partial charge in [-0.3, -0.25) is 0 Å². The topological polar surface area (TPSA) is 52.5 Å². The first kappa shape index (κ1) is 11.5. The standard InChI is InChI=1S/C16H13N3/c1-10-6-11(2)8-13(7-10)16-18-14-5-3-4-12(9-17)15(14)19-16/h3-8H,1-2H3,(H,18,19). The van der Waals surface area contributed by atoms with Crippen molar-refractivity contribution in [2.45, 2.75) is 13.8 Å². The molecule has 0 aliphatic heterocycles. The van der Waals surface area contributed by atoms with Gasteiger partial charge in [0.15, 0.2) is 0 Å². The number of para-hydroxylation sites is 1. The molecule has 0 saturated heterocycles. The number of benzene rings is 2. The first-order valence-electron chi connectivity index (χ1n) is 6.15. The van der Waals surface area contributed by atoms with Crippen LogP contribution in [-0.2, 0) is 0 Å². The Morgan fingerprint density at radius 3 is 2.53 bits per heavy atom. The zero-order valence-electron chi connectivity index (χ0n) is 10.9. The summed E-state index contributed by atoms with van der Waals surface area (Å²) in [5, 5.41) is 9.10. The summed E-state index contributed by atoms with van der Waals surface area (Å²) < 4.78 is 0. The Morgan fingerprint density at radius 2 is 1.84 bits per heavy atom. The number of hydrogen-bond acceptors (Lipinski definition) is 2. The minimum Gasteiger partial charge on any atom is -0.338 e. The molecule has 0 radical (unpaired) electrons. The van der Waals surface area contributed by atoms with Crippen LogP contribution in [0.4, 0.5) is 0 Å². The summed E-state index contributed by atoms with van der Waals surface area (Å²) in [5.74, 6) is 0.810. The average molecular weight is 247 g/mol. The van der Waals surface area contributed by atoms with Crippen molar-refractivity contribution >= 4 is 11.0 Å². The molecule has 0 saturated carbocycles. The predicted octanol–water partition coefficient (Wildman–Crippen LogP) is 3.72. The minimum atomic E-state index is 0.601. The highest BCUT2D eigenvalue weighted by atomic mass is 14.9. The van der Waals surface area contributed by atoms with E-state index in [9.17, 15) is 0 Å².